The van der Waals surface area contributed by atoms with E-state index in [2.05, 4.69) is 10.1 Å². The van der Waals surface area contributed by atoms with Gasteiger partial charge in [0, 0.05) is 13.2 Å². The highest BCUT2D eigenvalue weighted by Gasteiger charge is 2.14. The second-order valence-electron chi connectivity index (χ2n) is 4.30. The SMILES string of the molecule is Cc1cc(Sc2nc3ccccn3c2CO)n(C)n1. The van der Waals surface area contributed by atoms with Gasteiger partial charge in [0.05, 0.1) is 18.0 Å². The number of rotatable bonds is 3. The molecule has 3 rings (SSSR count). The standard InChI is InChI=1S/C13H14N4OS/c1-9-7-12(16(2)15-9)19-13-10(8-18)17-6-4-3-5-11(17)14-13/h3-7,18H,8H2,1-2H3. The molecule has 98 valence electrons. The minimum absolute atomic E-state index is 0.0374. The number of hydrogen-bond acceptors (Lipinski definition) is 4. The molecule has 3 heterocycles. The summed E-state index contributed by atoms with van der Waals surface area (Å²) in [6.07, 6.45) is 1.91. The number of aryl methyl sites for hydroxylation is 2. The number of aliphatic hydroxyl groups is 1. The molecule has 0 atom stereocenters. The maximum atomic E-state index is 9.56. The number of aliphatic hydroxyl groups excluding tert-OH is 1. The van der Waals surface area contributed by atoms with Crippen molar-refractivity contribution in [2.45, 2.75) is 23.6 Å². The summed E-state index contributed by atoms with van der Waals surface area (Å²) in [4.78, 5) is 4.55. The monoisotopic (exact) mass is 274 g/mol. The van der Waals surface area contributed by atoms with Gasteiger partial charge >= 0.3 is 0 Å². The highest BCUT2D eigenvalue weighted by atomic mass is 32.2. The summed E-state index contributed by atoms with van der Waals surface area (Å²) in [6.45, 7) is 1.92. The highest BCUT2D eigenvalue weighted by Crippen LogP contribution is 2.30. The van der Waals surface area contributed by atoms with Crippen LogP contribution in [-0.2, 0) is 13.7 Å². The van der Waals surface area contributed by atoms with E-state index < -0.39 is 0 Å². The summed E-state index contributed by atoms with van der Waals surface area (Å²) in [5.74, 6) is 0. The average Bonchev–Trinajstić information content (AvgIpc) is 2.89. The summed E-state index contributed by atoms with van der Waals surface area (Å²) in [7, 11) is 1.91. The van der Waals surface area contributed by atoms with E-state index in [1.54, 1.807) is 0 Å². The van der Waals surface area contributed by atoms with E-state index in [-0.39, 0.29) is 6.61 Å². The van der Waals surface area contributed by atoms with Crippen LogP contribution in [0.15, 0.2) is 40.5 Å². The Morgan fingerprint density at radius 1 is 1.37 bits per heavy atom. The molecule has 0 fully saturated rings. The zero-order valence-electron chi connectivity index (χ0n) is 10.7. The van der Waals surface area contributed by atoms with Crippen molar-refractivity contribution in [3.8, 4) is 0 Å². The fraction of sp³-hybridized carbons (Fsp3) is 0.231. The van der Waals surface area contributed by atoms with Gasteiger partial charge in [0.1, 0.15) is 15.7 Å². The Morgan fingerprint density at radius 2 is 2.21 bits per heavy atom. The topological polar surface area (TPSA) is 55.4 Å². The van der Waals surface area contributed by atoms with Crippen LogP contribution in [0.25, 0.3) is 5.65 Å². The highest BCUT2D eigenvalue weighted by molar-refractivity contribution is 7.99. The van der Waals surface area contributed by atoms with Crippen molar-refractivity contribution in [1.29, 1.82) is 0 Å². The maximum Gasteiger partial charge on any atom is 0.138 e. The van der Waals surface area contributed by atoms with Crippen LogP contribution < -0.4 is 0 Å². The van der Waals surface area contributed by atoms with Crippen molar-refractivity contribution in [3.63, 3.8) is 0 Å². The third-order valence-electron chi connectivity index (χ3n) is 2.90. The predicted molar refractivity (Wildman–Crippen MR) is 73.2 cm³/mol. The van der Waals surface area contributed by atoms with Crippen LogP contribution in [0.5, 0.6) is 0 Å². The molecule has 5 nitrogen and oxygen atoms in total. The smallest absolute Gasteiger partial charge is 0.138 e. The minimum Gasteiger partial charge on any atom is -0.390 e. The molecule has 6 heteroatoms. The van der Waals surface area contributed by atoms with Crippen molar-refractivity contribution in [2.75, 3.05) is 0 Å². The van der Waals surface area contributed by atoms with Gasteiger partial charge in [-0.2, -0.15) is 5.10 Å². The van der Waals surface area contributed by atoms with Crippen LogP contribution in [0.3, 0.4) is 0 Å². The molecule has 0 amide bonds. The van der Waals surface area contributed by atoms with E-state index in [4.69, 9.17) is 0 Å². The van der Waals surface area contributed by atoms with Gasteiger partial charge < -0.3 is 9.51 Å². The van der Waals surface area contributed by atoms with E-state index in [0.29, 0.717) is 0 Å². The first-order valence-electron chi connectivity index (χ1n) is 5.94. The third kappa shape index (κ3) is 2.13. The first-order chi connectivity index (χ1) is 9.19. The first kappa shape index (κ1) is 12.3. The number of aromatic nitrogens is 4. The van der Waals surface area contributed by atoms with Gasteiger partial charge in [0.15, 0.2) is 0 Å². The van der Waals surface area contributed by atoms with Crippen molar-refractivity contribution in [1.82, 2.24) is 19.2 Å². The molecular weight excluding hydrogens is 260 g/mol. The lowest BCUT2D eigenvalue weighted by Crippen LogP contribution is -1.95. The molecule has 0 bridgehead atoms. The molecule has 3 aromatic rings. The molecule has 19 heavy (non-hydrogen) atoms. The Hall–Kier alpha value is -1.79. The zero-order valence-corrected chi connectivity index (χ0v) is 11.6. The van der Waals surface area contributed by atoms with Crippen LogP contribution in [0, 0.1) is 6.92 Å². The second-order valence-corrected chi connectivity index (χ2v) is 5.31. The minimum atomic E-state index is -0.0374. The third-order valence-corrected chi connectivity index (χ3v) is 4.01. The van der Waals surface area contributed by atoms with Crippen LogP contribution in [0.1, 0.15) is 11.4 Å². The second kappa shape index (κ2) is 4.71. The summed E-state index contributed by atoms with van der Waals surface area (Å²) < 4.78 is 3.73. The van der Waals surface area contributed by atoms with Gasteiger partial charge in [-0.1, -0.05) is 6.07 Å². The lowest BCUT2D eigenvalue weighted by atomic mass is 10.4. The van der Waals surface area contributed by atoms with Crippen molar-refractivity contribution in [3.05, 3.63) is 41.9 Å². The predicted octanol–water partition coefficient (Wildman–Crippen LogP) is 2.02. The molecular formula is C13H14N4OS. The van der Waals surface area contributed by atoms with E-state index >= 15 is 0 Å². The van der Waals surface area contributed by atoms with Gasteiger partial charge in [-0.15, -0.1) is 0 Å². The van der Waals surface area contributed by atoms with Crippen molar-refractivity contribution < 1.29 is 5.11 Å². The molecule has 0 aliphatic carbocycles. The van der Waals surface area contributed by atoms with Crippen LogP contribution in [0.2, 0.25) is 0 Å². The van der Waals surface area contributed by atoms with Gasteiger partial charge in [-0.25, -0.2) is 4.98 Å². The van der Waals surface area contributed by atoms with Gasteiger partial charge in [-0.3, -0.25) is 4.68 Å². The van der Waals surface area contributed by atoms with Crippen LogP contribution >= 0.6 is 11.8 Å². The largest absolute Gasteiger partial charge is 0.390 e. The molecule has 0 aromatic carbocycles. The molecule has 1 N–H and O–H groups in total. The number of fused-ring (bicyclic) bond motifs is 1. The first-order valence-corrected chi connectivity index (χ1v) is 6.76. The van der Waals surface area contributed by atoms with Crippen molar-refractivity contribution >= 4 is 17.4 Å². The summed E-state index contributed by atoms with van der Waals surface area (Å²) in [5, 5.41) is 15.7. The lowest BCUT2D eigenvalue weighted by Gasteiger charge is -2.01. The van der Waals surface area contributed by atoms with Gasteiger partial charge in [-0.05, 0) is 36.9 Å². The van der Waals surface area contributed by atoms with Crippen LogP contribution in [-0.4, -0.2) is 24.3 Å². The Kier molecular flexibility index (Phi) is 3.04. The summed E-state index contributed by atoms with van der Waals surface area (Å²) >= 11 is 1.52. The normalized spacial score (nSPS) is 11.3. The maximum absolute atomic E-state index is 9.56. The number of pyridine rings is 1. The average molecular weight is 274 g/mol. The molecule has 0 aliphatic rings. The summed E-state index contributed by atoms with van der Waals surface area (Å²) in [5.41, 5.74) is 2.62. The Labute approximate surface area is 114 Å². The molecule has 0 unspecified atom stereocenters. The van der Waals surface area contributed by atoms with E-state index in [0.717, 1.165) is 27.1 Å². The van der Waals surface area contributed by atoms with Gasteiger partial charge in [0.25, 0.3) is 0 Å². The summed E-state index contributed by atoms with van der Waals surface area (Å²) in [6, 6.07) is 7.80. The molecule has 0 saturated carbocycles. The molecule has 0 radical (unpaired) electrons. The van der Waals surface area contributed by atoms with E-state index in [9.17, 15) is 5.11 Å². The molecule has 3 aromatic heterocycles. The van der Waals surface area contributed by atoms with Crippen LogP contribution in [0.4, 0.5) is 0 Å². The Morgan fingerprint density at radius 3 is 2.89 bits per heavy atom. The Bertz CT molecular complexity index is 731. The molecule has 0 spiro atoms. The fourth-order valence-corrected chi connectivity index (χ4v) is 3.05. The van der Waals surface area contributed by atoms with Gasteiger partial charge in [0.2, 0.25) is 0 Å². The quantitative estimate of drug-likeness (QED) is 0.794. The number of imidazole rings is 1. The number of nitrogens with zero attached hydrogens (tertiary/aromatic N) is 4. The van der Waals surface area contributed by atoms with Crippen molar-refractivity contribution in [2.24, 2.45) is 7.05 Å². The fourth-order valence-electron chi connectivity index (χ4n) is 2.03. The molecule has 0 saturated heterocycles. The zero-order chi connectivity index (χ0) is 13.4. The van der Waals surface area contributed by atoms with E-state index in [1.807, 2.05) is 53.5 Å². The van der Waals surface area contributed by atoms with E-state index in [1.165, 1.54) is 11.8 Å². The lowest BCUT2D eigenvalue weighted by molar-refractivity contribution is 0.272. The number of hydrogen-bond donors (Lipinski definition) is 1. The molecule has 0 aliphatic heterocycles. The Balaban J connectivity index is 2.07.